The van der Waals surface area contributed by atoms with Crippen LogP contribution in [-0.2, 0) is 16.6 Å². The number of rotatable bonds is 5. The average molecular weight is 417 g/mol. The number of amides is 1. The minimum absolute atomic E-state index is 0.0494. The van der Waals surface area contributed by atoms with Crippen LogP contribution < -0.4 is 5.32 Å². The highest BCUT2D eigenvalue weighted by Crippen LogP contribution is 2.58. The number of fused-ring (bicyclic) bond motifs is 1. The Kier molecular flexibility index (Phi) is 5.62. The van der Waals surface area contributed by atoms with Gasteiger partial charge in [0.1, 0.15) is 5.75 Å². The molecule has 1 aromatic rings. The Labute approximate surface area is 179 Å². The van der Waals surface area contributed by atoms with Gasteiger partial charge < -0.3 is 25.5 Å². The standard InChI is InChI=1S/C24H36N2O4/c1-15(2)5-4-6-22(29)25-19-13-24(30)21-11-16-7-8-17(27)12-18(16)23(24,14-20(19)28)9-10-26(21)3/h7-8,12,15,19-21,27-28,30H,4-6,9-11,13-14H2,1-3H3,(H,25,29)/t19-,20?,21+,23+,24+/m0/s1. The molecule has 6 heteroatoms. The molecule has 30 heavy (non-hydrogen) atoms. The predicted molar refractivity (Wildman–Crippen MR) is 115 cm³/mol. The van der Waals surface area contributed by atoms with Crippen molar-refractivity contribution in [3.8, 4) is 5.75 Å². The Bertz CT molecular complexity index is 812. The Morgan fingerprint density at radius 2 is 2.10 bits per heavy atom. The van der Waals surface area contributed by atoms with Gasteiger partial charge in [0.2, 0.25) is 5.91 Å². The molecule has 0 spiro atoms. The van der Waals surface area contributed by atoms with Gasteiger partial charge in [0, 0.05) is 24.3 Å². The van der Waals surface area contributed by atoms with Crippen molar-refractivity contribution in [1.82, 2.24) is 10.2 Å². The number of hydrogen-bond donors (Lipinski definition) is 4. The van der Waals surface area contributed by atoms with E-state index in [9.17, 15) is 20.1 Å². The Morgan fingerprint density at radius 3 is 2.83 bits per heavy atom. The van der Waals surface area contributed by atoms with Crippen molar-refractivity contribution in [2.24, 2.45) is 5.92 Å². The van der Waals surface area contributed by atoms with Crippen molar-refractivity contribution in [1.29, 1.82) is 0 Å². The fourth-order valence-corrected chi connectivity index (χ4v) is 6.30. The Morgan fingerprint density at radius 1 is 1.33 bits per heavy atom. The minimum atomic E-state index is -1.06. The van der Waals surface area contributed by atoms with Gasteiger partial charge in [-0.25, -0.2) is 0 Å². The van der Waals surface area contributed by atoms with Crippen LogP contribution in [0.5, 0.6) is 5.75 Å². The molecule has 6 nitrogen and oxygen atoms in total. The third kappa shape index (κ3) is 3.43. The normalized spacial score (nSPS) is 35.6. The number of aliphatic hydroxyl groups excluding tert-OH is 1. The lowest BCUT2D eigenvalue weighted by atomic mass is 9.48. The molecule has 1 unspecified atom stereocenters. The van der Waals surface area contributed by atoms with Crippen molar-refractivity contribution in [2.45, 2.75) is 88.0 Å². The molecule has 1 amide bonds. The van der Waals surface area contributed by atoms with E-state index >= 15 is 0 Å². The summed E-state index contributed by atoms with van der Waals surface area (Å²) >= 11 is 0. The molecule has 166 valence electrons. The third-order valence-corrected chi connectivity index (χ3v) is 7.91. The zero-order valence-corrected chi connectivity index (χ0v) is 18.4. The van der Waals surface area contributed by atoms with Crippen LogP contribution in [0.2, 0.25) is 0 Å². The van der Waals surface area contributed by atoms with E-state index in [1.54, 1.807) is 12.1 Å². The summed E-state index contributed by atoms with van der Waals surface area (Å²) in [5.74, 6) is 0.705. The molecule has 2 fully saturated rings. The van der Waals surface area contributed by atoms with Crippen molar-refractivity contribution < 1.29 is 20.1 Å². The van der Waals surface area contributed by atoms with E-state index in [0.717, 1.165) is 36.9 Å². The van der Waals surface area contributed by atoms with Crippen molar-refractivity contribution >= 4 is 5.91 Å². The first-order chi connectivity index (χ1) is 14.2. The monoisotopic (exact) mass is 416 g/mol. The number of nitrogens with one attached hydrogen (secondary N) is 1. The van der Waals surface area contributed by atoms with Crippen LogP contribution in [0.1, 0.15) is 63.5 Å². The number of phenols is 1. The number of piperidine rings is 1. The van der Waals surface area contributed by atoms with Crippen LogP contribution >= 0.6 is 0 Å². The largest absolute Gasteiger partial charge is 0.508 e. The summed E-state index contributed by atoms with van der Waals surface area (Å²) in [5, 5.41) is 36.4. The molecular weight excluding hydrogens is 380 g/mol. The topological polar surface area (TPSA) is 93.0 Å². The van der Waals surface area contributed by atoms with Crippen LogP contribution in [0.25, 0.3) is 0 Å². The summed E-state index contributed by atoms with van der Waals surface area (Å²) in [6.45, 7) is 5.12. The second-order valence-corrected chi connectivity index (χ2v) is 10.2. The summed E-state index contributed by atoms with van der Waals surface area (Å²) in [7, 11) is 2.04. The number of aliphatic hydroxyl groups is 2. The number of phenolic OH excluding ortho intramolecular Hbond substituents is 1. The number of hydrogen-bond acceptors (Lipinski definition) is 5. The highest BCUT2D eigenvalue weighted by Gasteiger charge is 2.66. The fraction of sp³-hybridized carbons (Fsp3) is 0.708. The SMILES string of the molecule is CC(C)CCCC(=O)N[C@H]1C[C@@]2(O)[C@H]3Cc4ccc(O)cc4[C@@]2(CCN3C)CC1O. The molecule has 1 saturated heterocycles. The van der Waals surface area contributed by atoms with Gasteiger partial charge in [-0.3, -0.25) is 4.79 Å². The van der Waals surface area contributed by atoms with Gasteiger partial charge in [0.15, 0.2) is 0 Å². The lowest BCUT2D eigenvalue weighted by Gasteiger charge is -2.65. The molecule has 3 aliphatic rings. The number of benzene rings is 1. The predicted octanol–water partition coefficient (Wildman–Crippen LogP) is 2.09. The quantitative estimate of drug-likeness (QED) is 0.590. The van der Waals surface area contributed by atoms with E-state index in [1.807, 2.05) is 13.1 Å². The van der Waals surface area contributed by atoms with Gasteiger partial charge in [-0.15, -0.1) is 0 Å². The second-order valence-electron chi connectivity index (χ2n) is 10.2. The third-order valence-electron chi connectivity index (χ3n) is 7.91. The summed E-state index contributed by atoms with van der Waals surface area (Å²) in [6.07, 6.45) is 3.70. The van der Waals surface area contributed by atoms with E-state index in [4.69, 9.17) is 0 Å². The van der Waals surface area contributed by atoms with Crippen molar-refractivity contribution in [3.63, 3.8) is 0 Å². The van der Waals surface area contributed by atoms with Gasteiger partial charge in [-0.1, -0.05) is 26.3 Å². The molecule has 5 atom stereocenters. The molecule has 1 saturated carbocycles. The van der Waals surface area contributed by atoms with E-state index in [1.165, 1.54) is 0 Å². The second kappa shape index (κ2) is 7.81. The van der Waals surface area contributed by atoms with Gasteiger partial charge in [-0.2, -0.15) is 0 Å². The number of carbonyl (C=O) groups excluding carboxylic acids is 1. The molecular formula is C24H36N2O4. The summed E-state index contributed by atoms with van der Waals surface area (Å²) in [6, 6.07) is 4.90. The van der Waals surface area contributed by atoms with E-state index in [2.05, 4.69) is 24.1 Å². The van der Waals surface area contributed by atoms with Gasteiger partial charge in [-0.05, 0) is 68.5 Å². The smallest absolute Gasteiger partial charge is 0.220 e. The first-order valence-corrected chi connectivity index (χ1v) is 11.4. The van der Waals surface area contributed by atoms with Gasteiger partial charge in [0.25, 0.3) is 0 Å². The number of nitrogens with zero attached hydrogens (tertiary/aromatic N) is 1. The van der Waals surface area contributed by atoms with E-state index in [-0.39, 0.29) is 17.7 Å². The van der Waals surface area contributed by atoms with Crippen LogP contribution in [-0.4, -0.2) is 63.5 Å². The summed E-state index contributed by atoms with van der Waals surface area (Å²) in [4.78, 5) is 14.7. The molecule has 1 heterocycles. The first kappa shape index (κ1) is 21.6. The molecule has 0 aromatic heterocycles. The summed E-state index contributed by atoms with van der Waals surface area (Å²) in [5.41, 5.74) is 0.442. The number of aromatic hydroxyl groups is 1. The zero-order chi connectivity index (χ0) is 21.7. The zero-order valence-electron chi connectivity index (χ0n) is 18.4. The lowest BCUT2D eigenvalue weighted by molar-refractivity contribution is -0.185. The molecule has 4 N–H and O–H groups in total. The number of likely N-dealkylation sites (tertiary alicyclic amines) is 1. The van der Waals surface area contributed by atoms with Crippen molar-refractivity contribution in [3.05, 3.63) is 29.3 Å². The minimum Gasteiger partial charge on any atom is -0.508 e. The summed E-state index contributed by atoms with van der Waals surface area (Å²) < 4.78 is 0. The average Bonchev–Trinajstić information content (AvgIpc) is 2.66. The molecule has 1 aromatic carbocycles. The van der Waals surface area contributed by atoms with Crippen molar-refractivity contribution in [2.75, 3.05) is 13.6 Å². The van der Waals surface area contributed by atoms with Crippen LogP contribution in [0, 0.1) is 5.92 Å². The fourth-order valence-electron chi connectivity index (χ4n) is 6.30. The van der Waals surface area contributed by atoms with E-state index in [0.29, 0.717) is 31.6 Å². The number of likely N-dealkylation sites (N-methyl/N-ethyl adjacent to an activating group) is 1. The first-order valence-electron chi connectivity index (χ1n) is 11.4. The lowest BCUT2D eigenvalue weighted by Crippen LogP contribution is -2.76. The van der Waals surface area contributed by atoms with Gasteiger partial charge in [0.05, 0.1) is 17.7 Å². The van der Waals surface area contributed by atoms with Crippen LogP contribution in [0.15, 0.2) is 18.2 Å². The Balaban J connectivity index is 1.61. The molecule has 0 radical (unpaired) electrons. The highest BCUT2D eigenvalue weighted by atomic mass is 16.3. The molecule has 2 aliphatic carbocycles. The van der Waals surface area contributed by atoms with Crippen LogP contribution in [0.4, 0.5) is 0 Å². The highest BCUT2D eigenvalue weighted by molar-refractivity contribution is 5.76. The maximum absolute atomic E-state index is 12.5. The van der Waals surface area contributed by atoms with Gasteiger partial charge >= 0.3 is 0 Å². The number of carbonyl (C=O) groups is 1. The van der Waals surface area contributed by atoms with E-state index < -0.39 is 23.2 Å². The molecule has 4 rings (SSSR count). The molecule has 1 aliphatic heterocycles. The van der Waals surface area contributed by atoms with Crippen LogP contribution in [0.3, 0.4) is 0 Å². The Hall–Kier alpha value is -1.63. The maximum atomic E-state index is 12.5. The molecule has 2 bridgehead atoms. The maximum Gasteiger partial charge on any atom is 0.220 e.